The molecule has 0 aliphatic carbocycles. The number of carbonyl (C=O) groups is 1. The van der Waals surface area contributed by atoms with Gasteiger partial charge in [-0.25, -0.2) is 4.79 Å². The minimum absolute atomic E-state index is 0.0158. The van der Waals surface area contributed by atoms with Crippen LogP contribution < -0.4 is 10.6 Å². The van der Waals surface area contributed by atoms with Crippen molar-refractivity contribution in [2.24, 2.45) is 0 Å². The van der Waals surface area contributed by atoms with E-state index in [-0.39, 0.29) is 12.2 Å². The van der Waals surface area contributed by atoms with E-state index in [2.05, 4.69) is 10.6 Å². The molecule has 2 aromatic carbocycles. The van der Waals surface area contributed by atoms with Gasteiger partial charge >= 0.3 is 6.03 Å². The van der Waals surface area contributed by atoms with Crippen molar-refractivity contribution in [3.8, 4) is 0 Å². The SMILES string of the molecule is Cc1cc(NC(=O)NCc2ccccc2Cl)ccc1[N+](=O)[O-]. The van der Waals surface area contributed by atoms with Crippen LogP contribution in [0.15, 0.2) is 42.5 Å². The Balaban J connectivity index is 1.96. The second-order valence-electron chi connectivity index (χ2n) is 4.66. The van der Waals surface area contributed by atoms with E-state index >= 15 is 0 Å². The van der Waals surface area contributed by atoms with Crippen molar-refractivity contribution >= 4 is 29.0 Å². The number of nitro benzene ring substituents is 1. The molecule has 0 saturated carbocycles. The van der Waals surface area contributed by atoms with Crippen molar-refractivity contribution in [3.63, 3.8) is 0 Å². The Hall–Kier alpha value is -2.60. The van der Waals surface area contributed by atoms with Gasteiger partial charge in [0.2, 0.25) is 0 Å². The standard InChI is InChI=1S/C15H14ClN3O3/c1-10-8-12(6-7-14(10)19(21)22)18-15(20)17-9-11-4-2-3-5-13(11)16/h2-8H,9H2,1H3,(H2,17,18,20). The number of anilines is 1. The van der Waals surface area contributed by atoms with Crippen LogP contribution in [-0.2, 0) is 6.54 Å². The van der Waals surface area contributed by atoms with E-state index in [9.17, 15) is 14.9 Å². The van der Waals surface area contributed by atoms with Gasteiger partial charge in [-0.2, -0.15) is 0 Å². The van der Waals surface area contributed by atoms with E-state index in [4.69, 9.17) is 11.6 Å². The van der Waals surface area contributed by atoms with E-state index in [1.165, 1.54) is 12.1 Å². The van der Waals surface area contributed by atoms with E-state index in [0.717, 1.165) is 5.56 Å². The molecular formula is C15H14ClN3O3. The lowest BCUT2D eigenvalue weighted by molar-refractivity contribution is -0.385. The highest BCUT2D eigenvalue weighted by Gasteiger charge is 2.11. The lowest BCUT2D eigenvalue weighted by Gasteiger charge is -2.09. The maximum absolute atomic E-state index is 11.8. The van der Waals surface area contributed by atoms with Crippen LogP contribution in [0.5, 0.6) is 0 Å². The first kappa shape index (κ1) is 15.8. The quantitative estimate of drug-likeness (QED) is 0.662. The summed E-state index contributed by atoms with van der Waals surface area (Å²) >= 11 is 6.00. The molecule has 0 aliphatic rings. The van der Waals surface area contributed by atoms with Gasteiger partial charge in [-0.3, -0.25) is 10.1 Å². The number of rotatable bonds is 4. The maximum Gasteiger partial charge on any atom is 0.319 e. The predicted molar refractivity (Wildman–Crippen MR) is 85.1 cm³/mol. The number of nitrogens with one attached hydrogen (secondary N) is 2. The zero-order chi connectivity index (χ0) is 16.1. The fourth-order valence-electron chi connectivity index (χ4n) is 1.93. The molecule has 0 fully saturated rings. The highest BCUT2D eigenvalue weighted by Crippen LogP contribution is 2.21. The molecule has 2 N–H and O–H groups in total. The average Bonchev–Trinajstić information content (AvgIpc) is 2.46. The molecular weight excluding hydrogens is 306 g/mol. The Morgan fingerprint density at radius 2 is 2.00 bits per heavy atom. The Bertz CT molecular complexity index is 719. The molecule has 0 unspecified atom stereocenters. The molecule has 0 aromatic heterocycles. The largest absolute Gasteiger partial charge is 0.334 e. The fourth-order valence-corrected chi connectivity index (χ4v) is 2.13. The van der Waals surface area contributed by atoms with Crippen LogP contribution in [-0.4, -0.2) is 11.0 Å². The van der Waals surface area contributed by atoms with Gasteiger partial charge in [0, 0.05) is 28.9 Å². The molecule has 22 heavy (non-hydrogen) atoms. The summed E-state index contributed by atoms with van der Waals surface area (Å²) in [5.41, 5.74) is 1.79. The van der Waals surface area contributed by atoms with Crippen LogP contribution in [0.3, 0.4) is 0 Å². The van der Waals surface area contributed by atoms with Crippen molar-refractivity contribution in [3.05, 3.63) is 68.7 Å². The molecule has 2 rings (SSSR count). The molecule has 0 bridgehead atoms. The molecule has 0 spiro atoms. The van der Waals surface area contributed by atoms with E-state index in [1.807, 2.05) is 18.2 Å². The lowest BCUT2D eigenvalue weighted by Crippen LogP contribution is -2.28. The number of aryl methyl sites for hydroxylation is 1. The number of urea groups is 1. The molecule has 6 nitrogen and oxygen atoms in total. The summed E-state index contributed by atoms with van der Waals surface area (Å²) in [7, 11) is 0. The van der Waals surface area contributed by atoms with Crippen molar-refractivity contribution in [1.29, 1.82) is 0 Å². The average molecular weight is 320 g/mol. The highest BCUT2D eigenvalue weighted by molar-refractivity contribution is 6.31. The predicted octanol–water partition coefficient (Wildman–Crippen LogP) is 3.88. The third-order valence-electron chi connectivity index (χ3n) is 3.05. The minimum Gasteiger partial charge on any atom is -0.334 e. The van der Waals surface area contributed by atoms with Crippen molar-refractivity contribution in [2.45, 2.75) is 13.5 Å². The first-order valence-corrected chi connectivity index (χ1v) is 6.88. The number of hydrogen-bond donors (Lipinski definition) is 2. The summed E-state index contributed by atoms with van der Waals surface area (Å²) in [6, 6.07) is 11.2. The summed E-state index contributed by atoms with van der Waals surface area (Å²) in [6.07, 6.45) is 0. The van der Waals surface area contributed by atoms with Gasteiger partial charge in [0.15, 0.2) is 0 Å². The van der Waals surface area contributed by atoms with Crippen molar-refractivity contribution in [1.82, 2.24) is 5.32 Å². The fraction of sp³-hybridized carbons (Fsp3) is 0.133. The molecule has 2 amide bonds. The molecule has 0 saturated heterocycles. The molecule has 0 radical (unpaired) electrons. The van der Waals surface area contributed by atoms with Crippen LogP contribution in [0.25, 0.3) is 0 Å². The summed E-state index contributed by atoms with van der Waals surface area (Å²) in [5, 5.41) is 16.6. The molecule has 2 aromatic rings. The molecule has 0 heterocycles. The Morgan fingerprint density at radius 3 is 2.64 bits per heavy atom. The zero-order valence-electron chi connectivity index (χ0n) is 11.8. The normalized spacial score (nSPS) is 10.1. The summed E-state index contributed by atoms with van der Waals surface area (Å²) in [4.78, 5) is 22.1. The van der Waals surface area contributed by atoms with Gasteiger partial charge in [0.25, 0.3) is 5.69 Å². The highest BCUT2D eigenvalue weighted by atomic mass is 35.5. The van der Waals surface area contributed by atoms with Gasteiger partial charge in [0.1, 0.15) is 0 Å². The summed E-state index contributed by atoms with van der Waals surface area (Å²) < 4.78 is 0. The van der Waals surface area contributed by atoms with E-state index in [1.54, 1.807) is 19.1 Å². The smallest absolute Gasteiger partial charge is 0.319 e. The summed E-state index contributed by atoms with van der Waals surface area (Å²) in [5.74, 6) is 0. The second kappa shape index (κ2) is 6.91. The molecule has 0 aliphatic heterocycles. The number of hydrogen-bond acceptors (Lipinski definition) is 3. The Morgan fingerprint density at radius 1 is 1.27 bits per heavy atom. The van der Waals surface area contributed by atoms with E-state index < -0.39 is 11.0 Å². The van der Waals surface area contributed by atoms with Crippen LogP contribution in [0.4, 0.5) is 16.2 Å². The number of halogens is 1. The van der Waals surface area contributed by atoms with Crippen LogP contribution in [0.2, 0.25) is 5.02 Å². The lowest BCUT2D eigenvalue weighted by atomic mass is 10.2. The first-order valence-electron chi connectivity index (χ1n) is 6.50. The van der Waals surface area contributed by atoms with Gasteiger partial charge in [-0.05, 0) is 30.7 Å². The van der Waals surface area contributed by atoms with Crippen molar-refractivity contribution < 1.29 is 9.72 Å². The number of nitrogens with zero attached hydrogens (tertiary/aromatic N) is 1. The Kier molecular flexibility index (Phi) is 4.95. The monoisotopic (exact) mass is 319 g/mol. The third-order valence-corrected chi connectivity index (χ3v) is 3.42. The van der Waals surface area contributed by atoms with E-state index in [0.29, 0.717) is 16.3 Å². The number of carbonyl (C=O) groups excluding carboxylic acids is 1. The van der Waals surface area contributed by atoms with Gasteiger partial charge in [-0.1, -0.05) is 29.8 Å². The second-order valence-corrected chi connectivity index (χ2v) is 5.06. The molecule has 7 heteroatoms. The van der Waals surface area contributed by atoms with Gasteiger partial charge < -0.3 is 10.6 Å². The number of benzene rings is 2. The van der Waals surface area contributed by atoms with Gasteiger partial charge in [-0.15, -0.1) is 0 Å². The van der Waals surface area contributed by atoms with Crippen LogP contribution in [0.1, 0.15) is 11.1 Å². The number of amides is 2. The molecule has 0 atom stereocenters. The maximum atomic E-state index is 11.8. The topological polar surface area (TPSA) is 84.3 Å². The molecule has 114 valence electrons. The van der Waals surface area contributed by atoms with Crippen LogP contribution >= 0.6 is 11.6 Å². The van der Waals surface area contributed by atoms with Crippen molar-refractivity contribution in [2.75, 3.05) is 5.32 Å². The number of nitro groups is 1. The third kappa shape index (κ3) is 3.95. The van der Waals surface area contributed by atoms with Crippen LogP contribution in [0, 0.1) is 17.0 Å². The Labute approximate surface area is 132 Å². The minimum atomic E-state index is -0.462. The first-order chi connectivity index (χ1) is 10.5. The summed E-state index contributed by atoms with van der Waals surface area (Å²) in [6.45, 7) is 1.91. The zero-order valence-corrected chi connectivity index (χ0v) is 12.6. The van der Waals surface area contributed by atoms with Gasteiger partial charge in [0.05, 0.1) is 4.92 Å².